The molecule has 3 heteroatoms. The van der Waals surface area contributed by atoms with E-state index in [0.717, 1.165) is 35.7 Å². The van der Waals surface area contributed by atoms with Crippen molar-refractivity contribution in [3.63, 3.8) is 0 Å². The van der Waals surface area contributed by atoms with Crippen LogP contribution >= 0.6 is 0 Å². The maximum absolute atomic E-state index is 4.82. The first-order chi connectivity index (χ1) is 10.2. The van der Waals surface area contributed by atoms with E-state index >= 15 is 0 Å². The molecule has 0 aliphatic heterocycles. The average Bonchev–Trinajstić information content (AvgIpc) is 2.78. The van der Waals surface area contributed by atoms with E-state index in [1.165, 1.54) is 11.3 Å². The standard InChI is InChI=1S/C18H21N3/c1-4-8-16-18(19-15-9-6-5-7-10-15)21-14(3)11-13(2)12-17(21)20-16/h5-7,9-12,19H,4,8H2,1-3H3. The highest BCUT2D eigenvalue weighted by Gasteiger charge is 2.13. The Kier molecular flexibility index (Phi) is 3.65. The van der Waals surface area contributed by atoms with Crippen molar-refractivity contribution >= 4 is 17.2 Å². The Balaban J connectivity index is 2.16. The quantitative estimate of drug-likeness (QED) is 0.753. The zero-order valence-electron chi connectivity index (χ0n) is 12.9. The van der Waals surface area contributed by atoms with Crippen LogP contribution in [-0.4, -0.2) is 9.38 Å². The van der Waals surface area contributed by atoms with E-state index in [9.17, 15) is 0 Å². The Bertz CT molecular complexity index is 757. The molecule has 0 spiro atoms. The molecule has 2 heterocycles. The van der Waals surface area contributed by atoms with Gasteiger partial charge in [0.1, 0.15) is 11.5 Å². The van der Waals surface area contributed by atoms with E-state index < -0.39 is 0 Å². The minimum Gasteiger partial charge on any atom is -0.340 e. The average molecular weight is 279 g/mol. The molecule has 0 radical (unpaired) electrons. The lowest BCUT2D eigenvalue weighted by molar-refractivity contribution is 0.895. The first-order valence-corrected chi connectivity index (χ1v) is 7.49. The Labute approximate surface area is 125 Å². The monoisotopic (exact) mass is 279 g/mol. The van der Waals surface area contributed by atoms with E-state index in [0.29, 0.717) is 0 Å². The smallest absolute Gasteiger partial charge is 0.139 e. The molecule has 1 N–H and O–H groups in total. The van der Waals surface area contributed by atoms with Gasteiger partial charge in [-0.15, -0.1) is 0 Å². The van der Waals surface area contributed by atoms with E-state index in [-0.39, 0.29) is 0 Å². The minimum absolute atomic E-state index is 0.981. The fourth-order valence-electron chi connectivity index (χ4n) is 2.78. The molecule has 0 amide bonds. The molecule has 3 aromatic rings. The summed E-state index contributed by atoms with van der Waals surface area (Å²) in [7, 11) is 0. The third-order valence-corrected chi connectivity index (χ3v) is 3.64. The molecule has 3 rings (SSSR count). The van der Waals surface area contributed by atoms with Gasteiger partial charge in [0.25, 0.3) is 0 Å². The number of benzene rings is 1. The lowest BCUT2D eigenvalue weighted by Crippen LogP contribution is -2.01. The van der Waals surface area contributed by atoms with E-state index in [1.807, 2.05) is 18.2 Å². The SMILES string of the molecule is CCCc1nc2cc(C)cc(C)n2c1Nc1ccccc1. The summed E-state index contributed by atoms with van der Waals surface area (Å²) in [4.78, 5) is 4.82. The van der Waals surface area contributed by atoms with Gasteiger partial charge in [-0.05, 0) is 50.1 Å². The first kappa shape index (κ1) is 13.7. The van der Waals surface area contributed by atoms with Crippen molar-refractivity contribution in [2.45, 2.75) is 33.6 Å². The highest BCUT2D eigenvalue weighted by atomic mass is 15.1. The summed E-state index contributed by atoms with van der Waals surface area (Å²) in [5.74, 6) is 1.09. The maximum atomic E-state index is 4.82. The Morgan fingerprint density at radius 3 is 2.57 bits per heavy atom. The molecular formula is C18H21N3. The fourth-order valence-corrected chi connectivity index (χ4v) is 2.78. The first-order valence-electron chi connectivity index (χ1n) is 7.49. The topological polar surface area (TPSA) is 29.3 Å². The predicted octanol–water partition coefficient (Wildman–Crippen LogP) is 4.65. The number of hydrogen-bond acceptors (Lipinski definition) is 2. The number of pyridine rings is 1. The number of nitrogens with one attached hydrogen (secondary N) is 1. The summed E-state index contributed by atoms with van der Waals surface area (Å²) in [5, 5.41) is 3.54. The Morgan fingerprint density at radius 2 is 1.86 bits per heavy atom. The molecule has 0 aliphatic rings. The van der Waals surface area contributed by atoms with E-state index in [4.69, 9.17) is 4.98 Å². The van der Waals surface area contributed by atoms with Gasteiger partial charge in [0.2, 0.25) is 0 Å². The number of imidazole rings is 1. The summed E-state index contributed by atoms with van der Waals surface area (Å²) >= 11 is 0. The number of fused-ring (bicyclic) bond motifs is 1. The van der Waals surface area contributed by atoms with Crippen LogP contribution in [0.1, 0.15) is 30.3 Å². The van der Waals surface area contributed by atoms with Crippen LogP contribution < -0.4 is 5.32 Å². The summed E-state index contributed by atoms with van der Waals surface area (Å²) in [5.41, 5.74) is 5.71. The summed E-state index contributed by atoms with van der Waals surface area (Å²) < 4.78 is 2.21. The zero-order chi connectivity index (χ0) is 14.8. The van der Waals surface area contributed by atoms with Crippen molar-refractivity contribution in [3.8, 4) is 0 Å². The van der Waals surface area contributed by atoms with Gasteiger partial charge in [-0.3, -0.25) is 4.40 Å². The van der Waals surface area contributed by atoms with Gasteiger partial charge in [0.15, 0.2) is 0 Å². The van der Waals surface area contributed by atoms with Crippen LogP contribution in [0.15, 0.2) is 42.5 Å². The van der Waals surface area contributed by atoms with Crippen LogP contribution in [0.4, 0.5) is 11.5 Å². The molecule has 0 atom stereocenters. The van der Waals surface area contributed by atoms with Gasteiger partial charge in [-0.1, -0.05) is 31.5 Å². The molecule has 0 bridgehead atoms. The van der Waals surface area contributed by atoms with Crippen molar-refractivity contribution in [1.82, 2.24) is 9.38 Å². The third-order valence-electron chi connectivity index (χ3n) is 3.64. The van der Waals surface area contributed by atoms with Gasteiger partial charge in [-0.25, -0.2) is 4.98 Å². The number of nitrogens with zero attached hydrogens (tertiary/aromatic N) is 2. The number of para-hydroxylation sites is 1. The lowest BCUT2D eigenvalue weighted by atomic mass is 10.2. The second kappa shape index (κ2) is 5.60. The van der Waals surface area contributed by atoms with E-state index in [1.54, 1.807) is 0 Å². The van der Waals surface area contributed by atoms with Crippen molar-refractivity contribution in [2.75, 3.05) is 5.32 Å². The van der Waals surface area contributed by atoms with E-state index in [2.05, 4.69) is 54.8 Å². The molecule has 0 saturated carbocycles. The van der Waals surface area contributed by atoms with Gasteiger partial charge in [-0.2, -0.15) is 0 Å². The second-order valence-electron chi connectivity index (χ2n) is 5.52. The Morgan fingerprint density at radius 1 is 1.10 bits per heavy atom. The molecule has 21 heavy (non-hydrogen) atoms. The lowest BCUT2D eigenvalue weighted by Gasteiger charge is -2.10. The third kappa shape index (κ3) is 2.64. The molecule has 3 nitrogen and oxygen atoms in total. The van der Waals surface area contributed by atoms with Gasteiger partial charge in [0.05, 0.1) is 5.69 Å². The van der Waals surface area contributed by atoms with Crippen molar-refractivity contribution < 1.29 is 0 Å². The number of anilines is 2. The molecular weight excluding hydrogens is 258 g/mol. The molecule has 0 fully saturated rings. The van der Waals surface area contributed by atoms with Gasteiger partial charge < -0.3 is 5.32 Å². The molecule has 0 saturated heterocycles. The molecule has 0 unspecified atom stereocenters. The molecule has 0 aliphatic carbocycles. The van der Waals surface area contributed by atoms with Crippen molar-refractivity contribution in [1.29, 1.82) is 0 Å². The zero-order valence-corrected chi connectivity index (χ0v) is 12.9. The predicted molar refractivity (Wildman–Crippen MR) is 88.4 cm³/mol. The molecule has 2 aromatic heterocycles. The van der Waals surface area contributed by atoms with Crippen molar-refractivity contribution in [2.24, 2.45) is 0 Å². The van der Waals surface area contributed by atoms with Crippen LogP contribution in [-0.2, 0) is 6.42 Å². The van der Waals surface area contributed by atoms with Gasteiger partial charge in [0, 0.05) is 11.4 Å². The Hall–Kier alpha value is -2.29. The van der Waals surface area contributed by atoms with Crippen LogP contribution in [0.5, 0.6) is 0 Å². The maximum Gasteiger partial charge on any atom is 0.139 e. The normalized spacial score (nSPS) is 11.0. The highest BCUT2D eigenvalue weighted by Crippen LogP contribution is 2.26. The van der Waals surface area contributed by atoms with Crippen LogP contribution in [0.2, 0.25) is 0 Å². The van der Waals surface area contributed by atoms with Gasteiger partial charge >= 0.3 is 0 Å². The molecule has 108 valence electrons. The second-order valence-corrected chi connectivity index (χ2v) is 5.52. The van der Waals surface area contributed by atoms with Crippen LogP contribution in [0, 0.1) is 13.8 Å². The summed E-state index contributed by atoms with van der Waals surface area (Å²) in [6.07, 6.45) is 2.07. The fraction of sp³-hybridized carbons (Fsp3) is 0.278. The van der Waals surface area contributed by atoms with Crippen LogP contribution in [0.3, 0.4) is 0 Å². The number of rotatable bonds is 4. The number of aromatic nitrogens is 2. The number of hydrogen-bond donors (Lipinski definition) is 1. The number of aryl methyl sites for hydroxylation is 3. The van der Waals surface area contributed by atoms with Crippen LogP contribution in [0.25, 0.3) is 5.65 Å². The largest absolute Gasteiger partial charge is 0.340 e. The summed E-state index contributed by atoms with van der Waals surface area (Å²) in [6, 6.07) is 14.6. The minimum atomic E-state index is 0.981. The molecule has 1 aromatic carbocycles. The highest BCUT2D eigenvalue weighted by molar-refractivity contribution is 5.65. The summed E-state index contributed by atoms with van der Waals surface area (Å²) in [6.45, 7) is 6.44. The van der Waals surface area contributed by atoms with Crippen molar-refractivity contribution in [3.05, 3.63) is 59.4 Å².